The molecule has 4 heterocycles. The van der Waals surface area contributed by atoms with Crippen LogP contribution in [0.15, 0.2) is 58.4 Å². The Kier molecular flexibility index (Phi) is 7.90. The number of fused-ring (bicyclic) bond motifs is 3. The van der Waals surface area contributed by atoms with Crippen LogP contribution in [-0.2, 0) is 17.7 Å². The van der Waals surface area contributed by atoms with Crippen LogP contribution in [-0.4, -0.2) is 57.1 Å². The number of aromatic nitrogens is 4. The molecule has 216 valence electrons. The van der Waals surface area contributed by atoms with Gasteiger partial charge in [-0.1, -0.05) is 35.5 Å². The molecule has 2 aromatic carbocycles. The SMILES string of the molecule is Cc1cc(C)n(-c2nc(C(=O)N3CCOCCOc4ccc(-c5c(C)noc5C)cc4Cc4cccc(c4)C3)cs2)n1. The Morgan fingerprint density at radius 1 is 0.976 bits per heavy atom. The second-order valence-electron chi connectivity index (χ2n) is 10.6. The van der Waals surface area contributed by atoms with Crippen molar-refractivity contribution in [2.75, 3.05) is 26.4 Å². The summed E-state index contributed by atoms with van der Waals surface area (Å²) >= 11 is 1.41. The summed E-state index contributed by atoms with van der Waals surface area (Å²) in [5.41, 5.74) is 8.44. The van der Waals surface area contributed by atoms with Crippen molar-refractivity contribution in [2.24, 2.45) is 0 Å². The Bertz CT molecular complexity index is 1720. The molecule has 0 radical (unpaired) electrons. The van der Waals surface area contributed by atoms with Crippen LogP contribution in [0.3, 0.4) is 0 Å². The number of amides is 1. The molecule has 0 spiro atoms. The van der Waals surface area contributed by atoms with Crippen molar-refractivity contribution in [3.8, 4) is 22.0 Å². The lowest BCUT2D eigenvalue weighted by atomic mass is 9.96. The Labute approximate surface area is 248 Å². The summed E-state index contributed by atoms with van der Waals surface area (Å²) in [6.07, 6.45) is 0.674. The number of thiazole rings is 1. The van der Waals surface area contributed by atoms with Crippen LogP contribution in [0.4, 0.5) is 0 Å². The van der Waals surface area contributed by atoms with Crippen molar-refractivity contribution in [2.45, 2.75) is 40.7 Å². The van der Waals surface area contributed by atoms with Crippen molar-refractivity contribution in [3.05, 3.63) is 99.1 Å². The second-order valence-corrected chi connectivity index (χ2v) is 11.4. The fourth-order valence-electron chi connectivity index (χ4n) is 5.37. The summed E-state index contributed by atoms with van der Waals surface area (Å²) in [6.45, 7) is 9.90. The van der Waals surface area contributed by atoms with Gasteiger partial charge < -0.3 is 18.9 Å². The van der Waals surface area contributed by atoms with Crippen LogP contribution in [0.5, 0.6) is 5.75 Å². The van der Waals surface area contributed by atoms with Crippen molar-refractivity contribution in [1.29, 1.82) is 0 Å². The van der Waals surface area contributed by atoms with Crippen LogP contribution >= 0.6 is 11.3 Å². The molecule has 9 nitrogen and oxygen atoms in total. The van der Waals surface area contributed by atoms with Crippen molar-refractivity contribution in [1.82, 2.24) is 24.8 Å². The third kappa shape index (κ3) is 5.86. The summed E-state index contributed by atoms with van der Waals surface area (Å²) in [5, 5.41) is 11.1. The number of aryl methyl sites for hydroxylation is 4. The fourth-order valence-corrected chi connectivity index (χ4v) is 6.18. The molecule has 0 saturated heterocycles. The van der Waals surface area contributed by atoms with E-state index >= 15 is 0 Å². The Balaban J connectivity index is 1.28. The maximum atomic E-state index is 13.7. The first-order chi connectivity index (χ1) is 20.4. The highest BCUT2D eigenvalue weighted by Crippen LogP contribution is 2.32. The molecule has 10 heteroatoms. The minimum atomic E-state index is -0.133. The maximum Gasteiger partial charge on any atom is 0.273 e. The number of rotatable bonds is 3. The first-order valence-corrected chi connectivity index (χ1v) is 14.9. The highest BCUT2D eigenvalue weighted by atomic mass is 32.1. The van der Waals surface area contributed by atoms with Crippen LogP contribution in [0.1, 0.15) is 50.0 Å². The number of nitrogens with zero attached hydrogens (tertiary/aromatic N) is 5. The summed E-state index contributed by atoms with van der Waals surface area (Å²) in [7, 11) is 0. The lowest BCUT2D eigenvalue weighted by Crippen LogP contribution is -2.34. The minimum absolute atomic E-state index is 0.133. The predicted molar refractivity (Wildman–Crippen MR) is 160 cm³/mol. The van der Waals surface area contributed by atoms with E-state index in [0.717, 1.165) is 56.4 Å². The summed E-state index contributed by atoms with van der Waals surface area (Å²) in [4.78, 5) is 20.1. The minimum Gasteiger partial charge on any atom is -0.491 e. The molecule has 0 atom stereocenters. The molecule has 0 saturated carbocycles. The van der Waals surface area contributed by atoms with Gasteiger partial charge in [0.1, 0.15) is 23.8 Å². The predicted octanol–water partition coefficient (Wildman–Crippen LogP) is 5.86. The van der Waals surface area contributed by atoms with E-state index in [1.165, 1.54) is 11.3 Å². The third-order valence-corrected chi connectivity index (χ3v) is 8.14. The molecule has 0 N–H and O–H groups in total. The van der Waals surface area contributed by atoms with Gasteiger partial charge in [-0.2, -0.15) is 5.10 Å². The van der Waals surface area contributed by atoms with Gasteiger partial charge in [-0.15, -0.1) is 11.3 Å². The van der Waals surface area contributed by atoms with Gasteiger partial charge in [-0.25, -0.2) is 9.67 Å². The molecule has 1 aliphatic heterocycles. The first-order valence-electron chi connectivity index (χ1n) is 14.0. The zero-order valence-corrected chi connectivity index (χ0v) is 25.0. The largest absolute Gasteiger partial charge is 0.491 e. The molecule has 3 aromatic heterocycles. The lowest BCUT2D eigenvalue weighted by Gasteiger charge is -2.23. The van der Waals surface area contributed by atoms with Gasteiger partial charge in [0, 0.05) is 36.1 Å². The molecular formula is C32H33N5O4S. The Morgan fingerprint density at radius 3 is 2.62 bits per heavy atom. The number of carbonyl (C=O) groups is 1. The van der Waals surface area contributed by atoms with Crippen molar-refractivity contribution in [3.63, 3.8) is 0 Å². The number of benzene rings is 2. The smallest absolute Gasteiger partial charge is 0.273 e. The van der Waals surface area contributed by atoms with E-state index in [2.05, 4.69) is 39.5 Å². The van der Waals surface area contributed by atoms with E-state index in [0.29, 0.717) is 50.2 Å². The van der Waals surface area contributed by atoms with E-state index in [9.17, 15) is 4.79 Å². The molecule has 1 amide bonds. The zero-order valence-electron chi connectivity index (χ0n) is 24.2. The van der Waals surface area contributed by atoms with E-state index < -0.39 is 0 Å². The van der Waals surface area contributed by atoms with Crippen LogP contribution in [0.2, 0.25) is 0 Å². The van der Waals surface area contributed by atoms with Gasteiger partial charge in [-0.05, 0) is 68.1 Å². The quantitative estimate of drug-likeness (QED) is 0.263. The normalized spacial score (nSPS) is 14.2. The molecule has 0 fully saturated rings. The molecule has 2 bridgehead atoms. The fraction of sp³-hybridized carbons (Fsp3) is 0.312. The molecular weight excluding hydrogens is 550 g/mol. The standard InChI is InChI=1S/C32H33N5O4S/c1-20-14-21(2)37(34-20)32-33-28(19-42-32)31(38)36-10-11-39-12-13-40-29-9-8-26(30-22(3)35-41-23(30)4)17-27(29)16-24-6-5-7-25(15-24)18-36/h5-9,14-15,17,19H,10-13,16,18H2,1-4H3. The molecule has 42 heavy (non-hydrogen) atoms. The van der Waals surface area contributed by atoms with Crippen LogP contribution in [0.25, 0.3) is 16.3 Å². The monoisotopic (exact) mass is 583 g/mol. The van der Waals surface area contributed by atoms with Crippen LogP contribution in [0, 0.1) is 27.7 Å². The molecule has 0 aliphatic carbocycles. The van der Waals surface area contributed by atoms with E-state index in [1.807, 2.05) is 52.0 Å². The maximum absolute atomic E-state index is 13.7. The number of carbonyl (C=O) groups excluding carboxylic acids is 1. The van der Waals surface area contributed by atoms with E-state index in [4.69, 9.17) is 14.0 Å². The average molecular weight is 584 g/mol. The molecule has 1 aliphatic rings. The lowest BCUT2D eigenvalue weighted by molar-refractivity contribution is 0.0567. The summed E-state index contributed by atoms with van der Waals surface area (Å²) < 4.78 is 19.3. The van der Waals surface area contributed by atoms with Gasteiger partial charge >= 0.3 is 0 Å². The van der Waals surface area contributed by atoms with E-state index in [1.54, 1.807) is 15.0 Å². The van der Waals surface area contributed by atoms with Gasteiger partial charge in [0.15, 0.2) is 0 Å². The van der Waals surface area contributed by atoms with E-state index in [-0.39, 0.29) is 5.91 Å². The third-order valence-electron chi connectivity index (χ3n) is 7.32. The summed E-state index contributed by atoms with van der Waals surface area (Å²) in [6, 6.07) is 16.6. The highest BCUT2D eigenvalue weighted by molar-refractivity contribution is 7.12. The number of ether oxygens (including phenoxy) is 2. The number of hydrogen-bond donors (Lipinski definition) is 0. The van der Waals surface area contributed by atoms with Gasteiger partial charge in [0.2, 0.25) is 5.13 Å². The van der Waals surface area contributed by atoms with Gasteiger partial charge in [0.05, 0.1) is 24.6 Å². The van der Waals surface area contributed by atoms with Gasteiger partial charge in [-0.3, -0.25) is 4.79 Å². The Hall–Kier alpha value is -4.28. The molecule has 5 aromatic rings. The van der Waals surface area contributed by atoms with Crippen molar-refractivity contribution < 1.29 is 18.8 Å². The zero-order chi connectivity index (χ0) is 29.2. The first kappa shape index (κ1) is 27.9. The average Bonchev–Trinajstić information content (AvgIpc) is 3.68. The molecule has 0 unspecified atom stereocenters. The molecule has 6 rings (SSSR count). The number of hydrogen-bond acceptors (Lipinski definition) is 8. The highest BCUT2D eigenvalue weighted by Gasteiger charge is 2.21. The summed E-state index contributed by atoms with van der Waals surface area (Å²) in [5.74, 6) is 1.48. The van der Waals surface area contributed by atoms with Crippen LogP contribution < -0.4 is 4.74 Å². The Morgan fingerprint density at radius 2 is 1.83 bits per heavy atom. The second kappa shape index (κ2) is 11.9. The van der Waals surface area contributed by atoms with Crippen molar-refractivity contribution >= 4 is 17.2 Å². The topological polar surface area (TPSA) is 95.5 Å². The van der Waals surface area contributed by atoms with Gasteiger partial charge in [0.25, 0.3) is 5.91 Å².